The van der Waals surface area contributed by atoms with Crippen molar-refractivity contribution >= 4 is 0 Å². The molecule has 2 fully saturated rings. The summed E-state index contributed by atoms with van der Waals surface area (Å²) in [7, 11) is 1.77. The molecular weight excluding hydrogens is 174 g/mol. The second-order valence-corrected chi connectivity index (χ2v) is 4.99. The Hall–Kier alpha value is -0.0800. The Kier molecular flexibility index (Phi) is 3.45. The van der Waals surface area contributed by atoms with E-state index in [1.165, 1.54) is 25.7 Å². The molecule has 0 aliphatic heterocycles. The number of methoxy groups -OCH3 is 1. The lowest BCUT2D eigenvalue weighted by Crippen LogP contribution is -2.24. The lowest BCUT2D eigenvalue weighted by Gasteiger charge is -2.10. The van der Waals surface area contributed by atoms with Gasteiger partial charge in [-0.05, 0) is 43.4 Å². The normalized spacial score (nSPS) is 37.7. The van der Waals surface area contributed by atoms with Gasteiger partial charge in [0.25, 0.3) is 0 Å². The molecule has 0 aromatic heterocycles. The van der Waals surface area contributed by atoms with E-state index in [1.54, 1.807) is 7.11 Å². The van der Waals surface area contributed by atoms with E-state index in [4.69, 9.17) is 10.5 Å². The number of rotatable bonds is 5. The Balaban J connectivity index is 1.69. The molecule has 2 aliphatic carbocycles. The number of ether oxygens (including phenoxy) is 1. The van der Waals surface area contributed by atoms with Gasteiger partial charge in [-0.3, -0.25) is 0 Å². The van der Waals surface area contributed by atoms with Crippen LogP contribution in [0, 0.1) is 17.8 Å². The largest absolute Gasteiger partial charge is 0.385 e. The van der Waals surface area contributed by atoms with E-state index in [9.17, 15) is 0 Å². The number of hydrogen-bond acceptors (Lipinski definition) is 2. The minimum atomic E-state index is 0.457. The monoisotopic (exact) mass is 197 g/mol. The van der Waals surface area contributed by atoms with E-state index in [2.05, 4.69) is 0 Å². The zero-order valence-electron chi connectivity index (χ0n) is 9.24. The fraction of sp³-hybridized carbons (Fsp3) is 1.00. The summed E-state index contributed by atoms with van der Waals surface area (Å²) in [5, 5.41) is 0. The Labute approximate surface area is 87.2 Å². The minimum absolute atomic E-state index is 0.457. The molecule has 2 heteroatoms. The van der Waals surface area contributed by atoms with Crippen molar-refractivity contribution in [2.75, 3.05) is 13.7 Å². The Morgan fingerprint density at radius 3 is 2.50 bits per heavy atom. The third-order valence-corrected chi connectivity index (χ3v) is 4.10. The van der Waals surface area contributed by atoms with Crippen LogP contribution in [-0.2, 0) is 4.74 Å². The van der Waals surface area contributed by atoms with Gasteiger partial charge in [0, 0.05) is 19.8 Å². The summed E-state index contributed by atoms with van der Waals surface area (Å²) in [4.78, 5) is 0. The second kappa shape index (κ2) is 4.63. The average Bonchev–Trinajstić information content (AvgIpc) is 2.92. The Bertz CT molecular complexity index is 171. The number of nitrogens with two attached hydrogens (primary N) is 1. The van der Waals surface area contributed by atoms with E-state index in [0.29, 0.717) is 6.04 Å². The van der Waals surface area contributed by atoms with Crippen molar-refractivity contribution in [2.24, 2.45) is 23.5 Å². The highest BCUT2D eigenvalue weighted by Crippen LogP contribution is 2.57. The fourth-order valence-corrected chi connectivity index (χ4v) is 3.34. The summed E-state index contributed by atoms with van der Waals surface area (Å²) in [6, 6.07) is 0.457. The van der Waals surface area contributed by atoms with Crippen LogP contribution >= 0.6 is 0 Å². The van der Waals surface area contributed by atoms with Crippen LogP contribution in [0.15, 0.2) is 0 Å². The number of fused-ring (bicyclic) bond motifs is 1. The summed E-state index contributed by atoms with van der Waals surface area (Å²) in [5.41, 5.74) is 6.22. The lowest BCUT2D eigenvalue weighted by molar-refractivity contribution is 0.189. The van der Waals surface area contributed by atoms with E-state index >= 15 is 0 Å². The molecule has 0 spiro atoms. The average molecular weight is 197 g/mol. The molecule has 2 nitrogen and oxygen atoms in total. The standard InChI is InChI=1S/C12H23NO/c1-14-8-4-7-11(13)12-9-5-2-3-6-10(9)12/h9-12H,2-8,13H2,1H3. The Morgan fingerprint density at radius 1 is 1.29 bits per heavy atom. The molecule has 0 radical (unpaired) electrons. The van der Waals surface area contributed by atoms with E-state index in [-0.39, 0.29) is 0 Å². The van der Waals surface area contributed by atoms with Crippen LogP contribution in [0.4, 0.5) is 0 Å². The third-order valence-electron chi connectivity index (χ3n) is 4.10. The molecule has 0 bridgehead atoms. The first-order valence-electron chi connectivity index (χ1n) is 6.09. The van der Waals surface area contributed by atoms with Gasteiger partial charge in [-0.25, -0.2) is 0 Å². The van der Waals surface area contributed by atoms with Gasteiger partial charge in [-0.2, -0.15) is 0 Å². The van der Waals surface area contributed by atoms with Crippen LogP contribution in [0.5, 0.6) is 0 Å². The van der Waals surface area contributed by atoms with Gasteiger partial charge in [-0.1, -0.05) is 12.8 Å². The van der Waals surface area contributed by atoms with Crippen LogP contribution in [0.3, 0.4) is 0 Å². The fourth-order valence-electron chi connectivity index (χ4n) is 3.34. The molecular formula is C12H23NO. The summed E-state index contributed by atoms with van der Waals surface area (Å²) in [6.45, 7) is 0.871. The molecule has 0 amide bonds. The highest BCUT2D eigenvalue weighted by atomic mass is 16.5. The van der Waals surface area contributed by atoms with Crippen molar-refractivity contribution in [1.29, 1.82) is 0 Å². The number of hydrogen-bond donors (Lipinski definition) is 1. The predicted octanol–water partition coefficient (Wildman–Crippen LogP) is 2.18. The van der Waals surface area contributed by atoms with Crippen LogP contribution in [0.2, 0.25) is 0 Å². The Morgan fingerprint density at radius 2 is 1.93 bits per heavy atom. The van der Waals surface area contributed by atoms with Crippen LogP contribution < -0.4 is 5.73 Å². The van der Waals surface area contributed by atoms with Gasteiger partial charge in [0.2, 0.25) is 0 Å². The van der Waals surface area contributed by atoms with Crippen molar-refractivity contribution in [1.82, 2.24) is 0 Å². The molecule has 2 aliphatic rings. The summed E-state index contributed by atoms with van der Waals surface area (Å²) >= 11 is 0. The quantitative estimate of drug-likeness (QED) is 0.686. The van der Waals surface area contributed by atoms with Crippen LogP contribution in [0.25, 0.3) is 0 Å². The highest BCUT2D eigenvalue weighted by molar-refractivity contribution is 5.03. The third kappa shape index (κ3) is 2.12. The smallest absolute Gasteiger partial charge is 0.0462 e. The first-order valence-corrected chi connectivity index (χ1v) is 6.09. The van der Waals surface area contributed by atoms with Crippen LogP contribution in [-0.4, -0.2) is 19.8 Å². The van der Waals surface area contributed by atoms with Crippen molar-refractivity contribution in [3.63, 3.8) is 0 Å². The van der Waals surface area contributed by atoms with E-state index < -0.39 is 0 Å². The van der Waals surface area contributed by atoms with Gasteiger partial charge in [0.05, 0.1) is 0 Å². The van der Waals surface area contributed by atoms with Gasteiger partial charge in [0.1, 0.15) is 0 Å². The molecule has 3 atom stereocenters. The zero-order valence-corrected chi connectivity index (χ0v) is 9.24. The van der Waals surface area contributed by atoms with Gasteiger partial charge in [0.15, 0.2) is 0 Å². The predicted molar refractivity (Wildman–Crippen MR) is 58.0 cm³/mol. The first kappa shape index (κ1) is 10.4. The lowest BCUT2D eigenvalue weighted by atomic mass is 10.0. The maximum atomic E-state index is 6.22. The van der Waals surface area contributed by atoms with Crippen molar-refractivity contribution in [2.45, 2.75) is 44.6 Å². The van der Waals surface area contributed by atoms with Gasteiger partial charge in [-0.15, -0.1) is 0 Å². The minimum Gasteiger partial charge on any atom is -0.385 e. The van der Waals surface area contributed by atoms with Gasteiger partial charge < -0.3 is 10.5 Å². The van der Waals surface area contributed by atoms with E-state index in [1.807, 2.05) is 0 Å². The van der Waals surface area contributed by atoms with Crippen molar-refractivity contribution in [3.05, 3.63) is 0 Å². The zero-order chi connectivity index (χ0) is 9.97. The first-order chi connectivity index (χ1) is 6.84. The molecule has 3 unspecified atom stereocenters. The molecule has 0 heterocycles. The van der Waals surface area contributed by atoms with Gasteiger partial charge >= 0.3 is 0 Å². The summed E-state index contributed by atoms with van der Waals surface area (Å²) < 4.78 is 5.06. The SMILES string of the molecule is COCCCC(N)C1C2CCCCC21. The molecule has 0 saturated heterocycles. The molecule has 82 valence electrons. The highest BCUT2D eigenvalue weighted by Gasteiger charge is 2.52. The topological polar surface area (TPSA) is 35.2 Å². The summed E-state index contributed by atoms with van der Waals surface area (Å²) in [6.07, 6.45) is 8.09. The molecule has 0 aromatic carbocycles. The molecule has 2 N–H and O–H groups in total. The molecule has 2 rings (SSSR count). The van der Waals surface area contributed by atoms with E-state index in [0.717, 1.165) is 37.2 Å². The van der Waals surface area contributed by atoms with Crippen LogP contribution in [0.1, 0.15) is 38.5 Å². The van der Waals surface area contributed by atoms with Crippen molar-refractivity contribution < 1.29 is 4.74 Å². The summed E-state index contributed by atoms with van der Waals surface area (Å²) in [5.74, 6) is 2.87. The maximum absolute atomic E-state index is 6.22. The maximum Gasteiger partial charge on any atom is 0.0462 e. The second-order valence-electron chi connectivity index (χ2n) is 4.99. The van der Waals surface area contributed by atoms with Crippen molar-refractivity contribution in [3.8, 4) is 0 Å². The molecule has 0 aromatic rings. The molecule has 2 saturated carbocycles. The molecule has 14 heavy (non-hydrogen) atoms.